The van der Waals surface area contributed by atoms with Crippen LogP contribution in [0.4, 0.5) is 0 Å². The third-order valence-electron chi connectivity index (χ3n) is 3.70. The lowest BCUT2D eigenvalue weighted by molar-refractivity contribution is -0.131. The number of hydrogen-bond acceptors (Lipinski definition) is 3. The molecule has 2 rings (SSSR count). The molecule has 1 fully saturated rings. The quantitative estimate of drug-likeness (QED) is 0.785. The van der Waals surface area contributed by atoms with E-state index in [1.807, 2.05) is 30.0 Å². The van der Waals surface area contributed by atoms with E-state index in [1.54, 1.807) is 0 Å². The van der Waals surface area contributed by atoms with Crippen LogP contribution in [0, 0.1) is 5.92 Å². The molecular formula is C17H26N2O2. The van der Waals surface area contributed by atoms with Crippen molar-refractivity contribution in [1.82, 2.24) is 10.2 Å². The second-order valence-electron chi connectivity index (χ2n) is 5.94. The Balaban J connectivity index is 2.01. The van der Waals surface area contributed by atoms with Crippen LogP contribution in [0.25, 0.3) is 0 Å². The summed E-state index contributed by atoms with van der Waals surface area (Å²) in [6, 6.07) is 10.0. The molecule has 4 nitrogen and oxygen atoms in total. The molecule has 1 aliphatic rings. The van der Waals surface area contributed by atoms with Gasteiger partial charge in [0.25, 0.3) is 0 Å². The molecule has 1 saturated heterocycles. The normalized spacial score (nSPS) is 22.3. The molecule has 2 atom stereocenters. The van der Waals surface area contributed by atoms with Crippen molar-refractivity contribution in [2.75, 3.05) is 19.8 Å². The minimum absolute atomic E-state index is 0.0358. The van der Waals surface area contributed by atoms with E-state index in [9.17, 15) is 4.79 Å². The Morgan fingerprint density at radius 3 is 2.62 bits per heavy atom. The summed E-state index contributed by atoms with van der Waals surface area (Å²) in [7, 11) is 0. The molecule has 1 aromatic carbocycles. The van der Waals surface area contributed by atoms with Gasteiger partial charge in [-0.3, -0.25) is 10.1 Å². The maximum Gasteiger partial charge on any atom is 0.241 e. The van der Waals surface area contributed by atoms with Crippen LogP contribution in [-0.2, 0) is 9.53 Å². The molecule has 116 valence electrons. The van der Waals surface area contributed by atoms with Crippen LogP contribution in [0.15, 0.2) is 30.3 Å². The fraction of sp³-hybridized carbons (Fsp3) is 0.588. The van der Waals surface area contributed by atoms with Gasteiger partial charge in [-0.25, -0.2) is 0 Å². The van der Waals surface area contributed by atoms with Crippen molar-refractivity contribution in [3.8, 4) is 0 Å². The molecular weight excluding hydrogens is 264 g/mol. The lowest BCUT2D eigenvalue weighted by Crippen LogP contribution is -2.34. The molecule has 1 heterocycles. The van der Waals surface area contributed by atoms with Gasteiger partial charge in [0.05, 0.1) is 12.6 Å². The molecule has 1 N–H and O–H groups in total. The second-order valence-corrected chi connectivity index (χ2v) is 5.94. The third-order valence-corrected chi connectivity index (χ3v) is 3.70. The van der Waals surface area contributed by atoms with Crippen molar-refractivity contribution in [2.24, 2.45) is 5.92 Å². The van der Waals surface area contributed by atoms with Gasteiger partial charge in [0.2, 0.25) is 5.91 Å². The summed E-state index contributed by atoms with van der Waals surface area (Å²) in [6.07, 6.45) is 0.775. The Morgan fingerprint density at radius 2 is 2.00 bits per heavy atom. The number of carbonyl (C=O) groups excluding carboxylic acids is 1. The minimum atomic E-state index is -0.0831. The number of carbonyl (C=O) groups is 1. The Labute approximate surface area is 127 Å². The van der Waals surface area contributed by atoms with Gasteiger partial charge < -0.3 is 9.64 Å². The zero-order chi connectivity index (χ0) is 15.2. The highest BCUT2D eigenvalue weighted by atomic mass is 16.5. The highest BCUT2D eigenvalue weighted by Crippen LogP contribution is 2.25. The minimum Gasteiger partial charge on any atom is -0.379 e. The standard InChI is InChI=1S/C17H26N2O2/c1-4-15-17(20)19(10-11-21-12-13(2)3)16(18-15)14-8-6-5-7-9-14/h5-9,13,15-16,18H,4,10-12H2,1-3H3. The van der Waals surface area contributed by atoms with E-state index in [0.717, 1.165) is 18.6 Å². The SMILES string of the molecule is CCC1NC(c2ccccc2)N(CCOCC(C)C)C1=O. The summed E-state index contributed by atoms with van der Waals surface area (Å²) < 4.78 is 5.64. The molecule has 1 aliphatic heterocycles. The zero-order valence-electron chi connectivity index (χ0n) is 13.2. The van der Waals surface area contributed by atoms with Gasteiger partial charge >= 0.3 is 0 Å². The fourth-order valence-electron chi connectivity index (χ4n) is 2.60. The van der Waals surface area contributed by atoms with Crippen molar-refractivity contribution >= 4 is 5.91 Å². The number of nitrogens with zero attached hydrogens (tertiary/aromatic N) is 1. The number of benzene rings is 1. The van der Waals surface area contributed by atoms with Gasteiger partial charge in [-0.1, -0.05) is 51.1 Å². The number of rotatable bonds is 7. The molecule has 1 amide bonds. The smallest absolute Gasteiger partial charge is 0.241 e. The van der Waals surface area contributed by atoms with Gasteiger partial charge in [-0.2, -0.15) is 0 Å². The first-order valence-corrected chi connectivity index (χ1v) is 7.82. The number of ether oxygens (including phenoxy) is 1. The van der Waals surface area contributed by atoms with E-state index < -0.39 is 0 Å². The summed E-state index contributed by atoms with van der Waals surface area (Å²) in [5.74, 6) is 0.699. The molecule has 21 heavy (non-hydrogen) atoms. The van der Waals surface area contributed by atoms with E-state index >= 15 is 0 Å². The van der Waals surface area contributed by atoms with Crippen molar-refractivity contribution in [3.05, 3.63) is 35.9 Å². The molecule has 0 aromatic heterocycles. The molecule has 0 radical (unpaired) electrons. The average molecular weight is 290 g/mol. The maximum absolute atomic E-state index is 12.5. The van der Waals surface area contributed by atoms with E-state index in [-0.39, 0.29) is 18.1 Å². The molecule has 0 aliphatic carbocycles. The summed E-state index contributed by atoms with van der Waals surface area (Å²) >= 11 is 0. The Bertz CT molecular complexity index is 447. The molecule has 0 saturated carbocycles. The molecule has 2 unspecified atom stereocenters. The zero-order valence-corrected chi connectivity index (χ0v) is 13.2. The Kier molecular flexibility index (Phi) is 5.76. The van der Waals surface area contributed by atoms with Crippen molar-refractivity contribution in [3.63, 3.8) is 0 Å². The van der Waals surface area contributed by atoms with Crippen LogP contribution in [0.2, 0.25) is 0 Å². The summed E-state index contributed by atoms with van der Waals surface area (Å²) in [5.41, 5.74) is 1.13. The summed E-state index contributed by atoms with van der Waals surface area (Å²) in [5, 5.41) is 3.43. The lowest BCUT2D eigenvalue weighted by Gasteiger charge is -2.24. The van der Waals surface area contributed by atoms with Crippen molar-refractivity contribution in [2.45, 2.75) is 39.4 Å². The fourth-order valence-corrected chi connectivity index (χ4v) is 2.60. The van der Waals surface area contributed by atoms with Gasteiger partial charge in [0.15, 0.2) is 0 Å². The average Bonchev–Trinajstić information content (AvgIpc) is 2.81. The van der Waals surface area contributed by atoms with E-state index in [0.29, 0.717) is 19.1 Å². The van der Waals surface area contributed by atoms with E-state index in [4.69, 9.17) is 4.74 Å². The van der Waals surface area contributed by atoms with Gasteiger partial charge in [-0.05, 0) is 17.9 Å². The van der Waals surface area contributed by atoms with Crippen LogP contribution in [-0.4, -0.2) is 36.6 Å². The van der Waals surface area contributed by atoms with E-state index in [2.05, 4.69) is 31.3 Å². The summed E-state index contributed by atoms with van der Waals surface area (Å²) in [4.78, 5) is 14.4. The first kappa shape index (κ1) is 16.0. The number of hydrogen-bond donors (Lipinski definition) is 1. The van der Waals surface area contributed by atoms with Gasteiger partial charge in [0, 0.05) is 13.2 Å². The molecule has 4 heteroatoms. The largest absolute Gasteiger partial charge is 0.379 e. The predicted molar refractivity (Wildman–Crippen MR) is 83.8 cm³/mol. The topological polar surface area (TPSA) is 41.6 Å². The van der Waals surface area contributed by atoms with Crippen LogP contribution < -0.4 is 5.32 Å². The molecule has 1 aromatic rings. The van der Waals surface area contributed by atoms with Crippen LogP contribution in [0.3, 0.4) is 0 Å². The van der Waals surface area contributed by atoms with Gasteiger partial charge in [-0.15, -0.1) is 0 Å². The van der Waals surface area contributed by atoms with Crippen molar-refractivity contribution in [1.29, 1.82) is 0 Å². The molecule has 0 bridgehead atoms. The number of nitrogens with one attached hydrogen (secondary N) is 1. The van der Waals surface area contributed by atoms with Crippen LogP contribution in [0.5, 0.6) is 0 Å². The van der Waals surface area contributed by atoms with E-state index in [1.165, 1.54) is 0 Å². The Morgan fingerprint density at radius 1 is 1.29 bits per heavy atom. The van der Waals surface area contributed by atoms with Gasteiger partial charge in [0.1, 0.15) is 6.17 Å². The first-order chi connectivity index (χ1) is 10.1. The lowest BCUT2D eigenvalue weighted by atomic mass is 10.1. The monoisotopic (exact) mass is 290 g/mol. The highest BCUT2D eigenvalue weighted by Gasteiger charge is 2.38. The second kappa shape index (κ2) is 7.57. The molecule has 0 spiro atoms. The first-order valence-electron chi connectivity index (χ1n) is 7.82. The summed E-state index contributed by atoms with van der Waals surface area (Å²) in [6.45, 7) is 8.25. The predicted octanol–water partition coefficient (Wildman–Crippen LogP) is 2.57. The van der Waals surface area contributed by atoms with Crippen LogP contribution >= 0.6 is 0 Å². The maximum atomic E-state index is 12.5. The number of amides is 1. The highest BCUT2D eigenvalue weighted by molar-refractivity contribution is 5.84. The third kappa shape index (κ3) is 4.05. The Hall–Kier alpha value is -1.39. The van der Waals surface area contributed by atoms with Crippen molar-refractivity contribution < 1.29 is 9.53 Å². The van der Waals surface area contributed by atoms with Crippen LogP contribution in [0.1, 0.15) is 38.9 Å².